The van der Waals surface area contributed by atoms with Crippen molar-refractivity contribution in [3.8, 4) is 89.0 Å². The highest BCUT2D eigenvalue weighted by atomic mass is 14.3. The van der Waals surface area contributed by atoms with Crippen LogP contribution in [0.1, 0.15) is 22.3 Å². The van der Waals surface area contributed by atoms with Gasteiger partial charge in [-0.25, -0.2) is 0 Å². The first-order valence-corrected chi connectivity index (χ1v) is 19.0. The molecule has 0 unspecified atom stereocenters. The summed E-state index contributed by atoms with van der Waals surface area (Å²) in [6.45, 7) is 16.2. The van der Waals surface area contributed by atoms with Gasteiger partial charge < -0.3 is 0 Å². The summed E-state index contributed by atoms with van der Waals surface area (Å²) in [5.41, 5.74) is 23.3. The number of rotatable bonds is 8. The summed E-state index contributed by atoms with van der Waals surface area (Å²) in [6.07, 6.45) is 7.65. The van der Waals surface area contributed by atoms with Crippen molar-refractivity contribution in [1.29, 1.82) is 0 Å². The standard InChI is InChI=1S/C56H40/c1-5-37-17-23-41(24-18-37)45-13-9-11-15-47(45)43-27-31-49-50-32-28-44(48-16-12-10-14-46(48)42-25-19-38(6-2)20-26-42)36-56(50)52-30-22-40(8-4)34-54(52)53-33-39(7-3)21-29-51(53)55(49)35-43/h5-36H,1-4H2. The van der Waals surface area contributed by atoms with Crippen molar-refractivity contribution in [2.24, 2.45) is 0 Å². The summed E-state index contributed by atoms with van der Waals surface area (Å²) in [4.78, 5) is 0. The van der Waals surface area contributed by atoms with Crippen molar-refractivity contribution in [1.82, 2.24) is 0 Å². The fourth-order valence-corrected chi connectivity index (χ4v) is 8.20. The van der Waals surface area contributed by atoms with Crippen LogP contribution >= 0.6 is 0 Å². The van der Waals surface area contributed by atoms with Crippen molar-refractivity contribution < 1.29 is 0 Å². The first-order valence-electron chi connectivity index (χ1n) is 19.0. The zero-order chi connectivity index (χ0) is 38.2. The largest absolute Gasteiger partial charge is 0.0985 e. The van der Waals surface area contributed by atoms with Crippen LogP contribution in [-0.2, 0) is 0 Å². The summed E-state index contributed by atoms with van der Waals surface area (Å²) in [5, 5.41) is 0. The second kappa shape index (κ2) is 14.5. The van der Waals surface area contributed by atoms with Crippen LogP contribution < -0.4 is 0 Å². The first-order chi connectivity index (χ1) is 27.6. The molecule has 0 radical (unpaired) electrons. The lowest BCUT2D eigenvalue weighted by molar-refractivity contribution is 1.50. The molecule has 0 heterocycles. The molecule has 0 saturated carbocycles. The maximum atomic E-state index is 4.16. The third-order valence-corrected chi connectivity index (χ3v) is 11.1. The van der Waals surface area contributed by atoms with Gasteiger partial charge >= 0.3 is 0 Å². The van der Waals surface area contributed by atoms with E-state index in [1.165, 1.54) is 89.0 Å². The van der Waals surface area contributed by atoms with Gasteiger partial charge in [-0.1, -0.05) is 196 Å². The average molecular weight is 713 g/mol. The minimum absolute atomic E-state index is 1.08. The van der Waals surface area contributed by atoms with E-state index in [0.29, 0.717) is 0 Å². The van der Waals surface area contributed by atoms with Crippen LogP contribution in [0, 0.1) is 0 Å². The predicted octanol–water partition coefficient (Wildman–Crippen LogP) is 15.9. The molecular weight excluding hydrogens is 673 g/mol. The van der Waals surface area contributed by atoms with Gasteiger partial charge in [0.2, 0.25) is 0 Å². The molecular formula is C56H40. The Kier molecular flexibility index (Phi) is 8.94. The molecule has 8 aromatic rings. The molecule has 0 N–H and O–H groups in total. The lowest BCUT2D eigenvalue weighted by Crippen LogP contribution is -1.99. The van der Waals surface area contributed by atoms with E-state index in [1.807, 2.05) is 24.3 Å². The maximum Gasteiger partial charge on any atom is -0.00928 e. The van der Waals surface area contributed by atoms with Crippen molar-refractivity contribution in [3.63, 3.8) is 0 Å². The van der Waals surface area contributed by atoms with Gasteiger partial charge in [-0.15, -0.1) is 0 Å². The lowest BCUT2D eigenvalue weighted by Gasteiger charge is -2.25. The molecule has 0 bridgehead atoms. The maximum absolute atomic E-state index is 4.16. The van der Waals surface area contributed by atoms with Gasteiger partial charge in [0.05, 0.1) is 0 Å². The number of benzene rings is 8. The molecule has 264 valence electrons. The molecule has 1 aliphatic carbocycles. The predicted molar refractivity (Wildman–Crippen MR) is 244 cm³/mol. The SMILES string of the molecule is C=Cc1ccc(-c2ccccc2-c2ccc3c(c2)-c2ccc(C=C)cc2-c2cc(C=C)ccc2-c2cc(-c4ccccc4-c4ccc(C=C)cc4)ccc2-3)cc1. The quantitative estimate of drug-likeness (QED) is 0.147. The van der Waals surface area contributed by atoms with Gasteiger partial charge in [0.1, 0.15) is 0 Å². The van der Waals surface area contributed by atoms with E-state index >= 15 is 0 Å². The van der Waals surface area contributed by atoms with E-state index in [4.69, 9.17) is 0 Å². The fraction of sp³-hybridized carbons (Fsp3) is 0. The summed E-state index contributed by atoms with van der Waals surface area (Å²) in [5.74, 6) is 0. The minimum atomic E-state index is 1.08. The Labute approximate surface area is 330 Å². The van der Waals surface area contributed by atoms with Crippen molar-refractivity contribution >= 4 is 24.3 Å². The van der Waals surface area contributed by atoms with Crippen LogP contribution in [-0.4, -0.2) is 0 Å². The fourth-order valence-electron chi connectivity index (χ4n) is 8.20. The van der Waals surface area contributed by atoms with E-state index in [2.05, 4.69) is 196 Å². The summed E-state index contributed by atoms with van der Waals surface area (Å²) < 4.78 is 0. The summed E-state index contributed by atoms with van der Waals surface area (Å²) in [6, 6.07) is 62.2. The van der Waals surface area contributed by atoms with Gasteiger partial charge in [-0.05, 0) is 136 Å². The molecule has 0 spiro atoms. The summed E-state index contributed by atoms with van der Waals surface area (Å²) in [7, 11) is 0. The molecule has 0 atom stereocenters. The second-order valence-electron chi connectivity index (χ2n) is 14.3. The highest BCUT2D eigenvalue weighted by molar-refractivity contribution is 6.06. The van der Waals surface area contributed by atoms with Crippen LogP contribution in [0.25, 0.3) is 113 Å². The molecule has 0 saturated heterocycles. The zero-order valence-electron chi connectivity index (χ0n) is 31.3. The molecule has 0 amide bonds. The van der Waals surface area contributed by atoms with Crippen LogP contribution in [0.2, 0.25) is 0 Å². The zero-order valence-corrected chi connectivity index (χ0v) is 31.3. The number of hydrogen-bond donors (Lipinski definition) is 0. The Morgan fingerprint density at radius 2 is 0.482 bits per heavy atom. The summed E-state index contributed by atoms with van der Waals surface area (Å²) >= 11 is 0. The number of hydrogen-bond acceptors (Lipinski definition) is 0. The highest BCUT2D eigenvalue weighted by Gasteiger charge is 2.24. The molecule has 1 aliphatic rings. The second-order valence-corrected chi connectivity index (χ2v) is 14.3. The van der Waals surface area contributed by atoms with Gasteiger partial charge in [-0.2, -0.15) is 0 Å². The Morgan fingerprint density at radius 1 is 0.214 bits per heavy atom. The van der Waals surface area contributed by atoms with Crippen LogP contribution in [0.3, 0.4) is 0 Å². The van der Waals surface area contributed by atoms with Crippen LogP contribution in [0.15, 0.2) is 196 Å². The third kappa shape index (κ3) is 6.08. The minimum Gasteiger partial charge on any atom is -0.0985 e. The van der Waals surface area contributed by atoms with E-state index in [1.54, 1.807) is 0 Å². The van der Waals surface area contributed by atoms with Gasteiger partial charge in [0.25, 0.3) is 0 Å². The van der Waals surface area contributed by atoms with Gasteiger partial charge in [-0.3, -0.25) is 0 Å². The normalized spacial score (nSPS) is 11.1. The smallest absolute Gasteiger partial charge is 0.00928 e. The molecule has 0 fully saturated rings. The molecule has 0 aliphatic heterocycles. The Morgan fingerprint density at radius 3 is 0.839 bits per heavy atom. The molecule has 9 rings (SSSR count). The van der Waals surface area contributed by atoms with Crippen LogP contribution in [0.4, 0.5) is 0 Å². The van der Waals surface area contributed by atoms with E-state index in [0.717, 1.165) is 22.3 Å². The van der Waals surface area contributed by atoms with Crippen molar-refractivity contribution in [2.75, 3.05) is 0 Å². The van der Waals surface area contributed by atoms with E-state index < -0.39 is 0 Å². The highest BCUT2D eigenvalue weighted by Crippen LogP contribution is 2.51. The van der Waals surface area contributed by atoms with Crippen molar-refractivity contribution in [2.45, 2.75) is 0 Å². The topological polar surface area (TPSA) is 0 Å². The Balaban J connectivity index is 1.30. The van der Waals surface area contributed by atoms with E-state index in [9.17, 15) is 0 Å². The number of fused-ring (bicyclic) bond motifs is 8. The van der Waals surface area contributed by atoms with Crippen molar-refractivity contribution in [3.05, 3.63) is 218 Å². The molecule has 0 aromatic heterocycles. The average Bonchev–Trinajstić information content (AvgIpc) is 3.28. The molecule has 8 aromatic carbocycles. The first kappa shape index (κ1) is 34.5. The third-order valence-electron chi connectivity index (χ3n) is 11.1. The van der Waals surface area contributed by atoms with Gasteiger partial charge in [0, 0.05) is 0 Å². The van der Waals surface area contributed by atoms with E-state index in [-0.39, 0.29) is 0 Å². The monoisotopic (exact) mass is 712 g/mol. The lowest BCUT2D eigenvalue weighted by atomic mass is 9.78. The van der Waals surface area contributed by atoms with Crippen LogP contribution in [0.5, 0.6) is 0 Å². The Hall–Kier alpha value is -7.28. The van der Waals surface area contributed by atoms with Gasteiger partial charge in [0.15, 0.2) is 0 Å². The molecule has 0 nitrogen and oxygen atoms in total. The molecule has 0 heteroatoms. The Bertz CT molecular complexity index is 2640. The molecule has 56 heavy (non-hydrogen) atoms.